The topological polar surface area (TPSA) is 102 Å². The number of carbonyl (C=O) groups is 2. The predicted octanol–water partition coefficient (Wildman–Crippen LogP) is 2.85. The van der Waals surface area contributed by atoms with Crippen LogP contribution in [0.2, 0.25) is 0 Å². The predicted molar refractivity (Wildman–Crippen MR) is 99.3 cm³/mol. The monoisotopic (exact) mass is 384 g/mol. The molecule has 0 aliphatic carbocycles. The first-order valence-corrected chi connectivity index (χ1v) is 9.17. The molecule has 27 heavy (non-hydrogen) atoms. The molecule has 1 amide bonds. The Morgan fingerprint density at radius 1 is 1.07 bits per heavy atom. The van der Waals surface area contributed by atoms with Crippen LogP contribution in [0.3, 0.4) is 0 Å². The van der Waals surface area contributed by atoms with E-state index in [4.69, 9.17) is 19.1 Å². The molecule has 0 atom stereocenters. The summed E-state index contributed by atoms with van der Waals surface area (Å²) in [6, 6.07) is 0.0424. The first kappa shape index (κ1) is 24.8. The van der Waals surface area contributed by atoms with Crippen molar-refractivity contribution < 1.29 is 28.7 Å². The van der Waals surface area contributed by atoms with Gasteiger partial charge in [-0.05, 0) is 47.5 Å². The number of aliphatic imine (C=N–C) groups is 1. The van der Waals surface area contributed by atoms with Crippen LogP contribution in [0.4, 0.5) is 4.79 Å². The van der Waals surface area contributed by atoms with Crippen molar-refractivity contribution in [3.63, 3.8) is 0 Å². The number of rotatable bonds is 4. The Bertz CT molecular complexity index is 549. The van der Waals surface area contributed by atoms with E-state index in [1.807, 2.05) is 48.5 Å². The van der Waals surface area contributed by atoms with Gasteiger partial charge in [-0.25, -0.2) is 9.59 Å². The van der Waals surface area contributed by atoms with E-state index in [1.165, 1.54) is 0 Å². The molecule has 0 bridgehead atoms. The van der Waals surface area contributed by atoms with E-state index in [9.17, 15) is 9.59 Å². The fourth-order valence-electron chi connectivity index (χ4n) is 2.41. The summed E-state index contributed by atoms with van der Waals surface area (Å²) >= 11 is 0. The second-order valence-corrected chi connectivity index (χ2v) is 7.91. The van der Waals surface area contributed by atoms with Gasteiger partial charge in [0.2, 0.25) is 0 Å². The summed E-state index contributed by atoms with van der Waals surface area (Å²) in [5.74, 6) is -0.324. The van der Waals surface area contributed by atoms with Crippen LogP contribution in [0.25, 0.3) is 0 Å². The average Bonchev–Trinajstić information content (AvgIpc) is 2.51. The quantitative estimate of drug-likeness (QED) is 0.545. The van der Waals surface area contributed by atoms with E-state index < -0.39 is 5.60 Å². The average molecular weight is 384 g/mol. The highest BCUT2D eigenvalue weighted by Gasteiger charge is 2.28. The van der Waals surface area contributed by atoms with Gasteiger partial charge in [0.1, 0.15) is 11.3 Å². The lowest BCUT2D eigenvalue weighted by Crippen LogP contribution is -2.43. The van der Waals surface area contributed by atoms with E-state index in [0.29, 0.717) is 18.8 Å². The molecule has 0 saturated carbocycles. The summed E-state index contributed by atoms with van der Waals surface area (Å²) in [6.07, 6.45) is 1.26. The molecule has 0 N–H and O–H groups in total. The minimum absolute atomic E-state index is 0.0140. The van der Waals surface area contributed by atoms with Crippen molar-refractivity contribution in [2.24, 2.45) is 10.9 Å². The third kappa shape index (κ3) is 10.5. The van der Waals surface area contributed by atoms with Crippen molar-refractivity contribution in [1.82, 2.24) is 4.90 Å². The van der Waals surface area contributed by atoms with Crippen LogP contribution in [-0.2, 0) is 23.9 Å². The molecule has 8 nitrogen and oxygen atoms in total. The molecule has 1 saturated heterocycles. The Balaban J connectivity index is 0.00000210. The molecule has 0 unspecified atom stereocenters. The van der Waals surface area contributed by atoms with Gasteiger partial charge in [0.25, 0.3) is 0 Å². The van der Waals surface area contributed by atoms with Gasteiger partial charge in [-0.1, -0.05) is 13.8 Å². The highest BCUT2D eigenvalue weighted by atomic mass is 16.6. The van der Waals surface area contributed by atoms with E-state index in [0.717, 1.165) is 12.8 Å². The maximum Gasteiger partial charge on any atom is 0.410 e. The Kier molecular flexibility index (Phi) is 10.6. The number of piperidine rings is 1. The van der Waals surface area contributed by atoms with Crippen molar-refractivity contribution in [2.75, 3.05) is 13.1 Å². The summed E-state index contributed by atoms with van der Waals surface area (Å²) in [5, 5.41) is 0. The Hall–Kier alpha value is -2.21. The van der Waals surface area contributed by atoms with Gasteiger partial charge < -0.3 is 14.4 Å². The lowest BCUT2D eigenvalue weighted by atomic mass is 10.0. The van der Waals surface area contributed by atoms with Gasteiger partial charge in [0.15, 0.2) is 0 Å². The van der Waals surface area contributed by atoms with E-state index in [2.05, 4.69) is 4.99 Å². The summed E-state index contributed by atoms with van der Waals surface area (Å²) in [4.78, 5) is 46.8. The number of esters is 1. The molecule has 8 heteroatoms. The van der Waals surface area contributed by atoms with E-state index >= 15 is 0 Å². The second kappa shape index (κ2) is 11.5. The molecule has 1 aliphatic heterocycles. The Morgan fingerprint density at radius 2 is 1.56 bits per heavy atom. The van der Waals surface area contributed by atoms with Crippen LogP contribution in [0.15, 0.2) is 4.99 Å². The van der Waals surface area contributed by atoms with Gasteiger partial charge in [0.05, 0.1) is 12.1 Å². The SMILES string of the molecule is CC(C)OC(=O)C(=NC1CCN(C(=O)OC(C)(C)C)CC1)C(C)C.O=C=O. The van der Waals surface area contributed by atoms with Gasteiger partial charge in [0, 0.05) is 19.0 Å². The lowest BCUT2D eigenvalue weighted by molar-refractivity contribution is -0.191. The fourth-order valence-corrected chi connectivity index (χ4v) is 2.41. The molecule has 1 fully saturated rings. The largest absolute Gasteiger partial charge is 0.458 e. The standard InChI is InChI=1S/C18H32N2O4.CO2/c1-12(2)15(16(21)23-13(3)4)19-14-8-10-20(11-9-14)17(22)24-18(5,6)7;2-1-3/h12-14H,8-11H2,1-7H3;. The van der Waals surface area contributed by atoms with Crippen molar-refractivity contribution in [2.45, 2.75) is 79.1 Å². The number of hydrogen-bond acceptors (Lipinski definition) is 7. The van der Waals surface area contributed by atoms with Crippen molar-refractivity contribution in [1.29, 1.82) is 0 Å². The Labute approximate surface area is 161 Å². The maximum atomic E-state index is 12.2. The van der Waals surface area contributed by atoms with Crippen LogP contribution >= 0.6 is 0 Å². The molecule has 154 valence electrons. The molecular formula is C19H32N2O6. The van der Waals surface area contributed by atoms with E-state index in [1.54, 1.807) is 4.90 Å². The fraction of sp³-hybridized carbons (Fsp3) is 0.789. The molecule has 1 aliphatic rings. The third-order valence-corrected chi connectivity index (χ3v) is 3.54. The normalized spacial score (nSPS) is 15.7. The summed E-state index contributed by atoms with van der Waals surface area (Å²) < 4.78 is 10.7. The number of hydrogen-bond donors (Lipinski definition) is 0. The molecular weight excluding hydrogens is 352 g/mol. The van der Waals surface area contributed by atoms with Crippen LogP contribution < -0.4 is 0 Å². The van der Waals surface area contributed by atoms with Gasteiger partial charge in [-0.2, -0.15) is 9.59 Å². The summed E-state index contributed by atoms with van der Waals surface area (Å²) in [5.41, 5.74) is -0.00302. The smallest absolute Gasteiger partial charge is 0.410 e. The molecule has 1 rings (SSSR count). The Morgan fingerprint density at radius 3 is 1.93 bits per heavy atom. The van der Waals surface area contributed by atoms with Gasteiger partial charge in [-0.3, -0.25) is 4.99 Å². The zero-order valence-electron chi connectivity index (χ0n) is 17.4. The summed E-state index contributed by atoms with van der Waals surface area (Å²) in [6.45, 7) is 14.3. The van der Waals surface area contributed by atoms with Gasteiger partial charge in [-0.15, -0.1) is 0 Å². The van der Waals surface area contributed by atoms with Crippen molar-refractivity contribution in [3.8, 4) is 0 Å². The second-order valence-electron chi connectivity index (χ2n) is 7.91. The molecule has 0 radical (unpaired) electrons. The lowest BCUT2D eigenvalue weighted by Gasteiger charge is -2.32. The number of likely N-dealkylation sites (tertiary alicyclic amines) is 1. The first-order chi connectivity index (χ1) is 12.4. The number of amides is 1. The maximum absolute atomic E-state index is 12.2. The van der Waals surface area contributed by atoms with Crippen molar-refractivity contribution in [3.05, 3.63) is 0 Å². The molecule has 0 aromatic heterocycles. The van der Waals surface area contributed by atoms with Crippen LogP contribution in [0.1, 0.15) is 61.3 Å². The highest BCUT2D eigenvalue weighted by Crippen LogP contribution is 2.18. The van der Waals surface area contributed by atoms with E-state index in [-0.39, 0.29) is 36.3 Å². The molecule has 1 heterocycles. The first-order valence-electron chi connectivity index (χ1n) is 9.17. The third-order valence-electron chi connectivity index (χ3n) is 3.54. The highest BCUT2D eigenvalue weighted by molar-refractivity contribution is 6.37. The zero-order chi connectivity index (χ0) is 21.2. The number of ether oxygens (including phenoxy) is 2. The summed E-state index contributed by atoms with van der Waals surface area (Å²) in [7, 11) is 0. The minimum Gasteiger partial charge on any atom is -0.458 e. The van der Waals surface area contributed by atoms with Crippen LogP contribution in [-0.4, -0.2) is 59.7 Å². The molecule has 0 aromatic rings. The molecule has 0 aromatic carbocycles. The molecule has 0 spiro atoms. The van der Waals surface area contributed by atoms with Crippen molar-refractivity contribution >= 4 is 23.9 Å². The van der Waals surface area contributed by atoms with Crippen LogP contribution in [0.5, 0.6) is 0 Å². The zero-order valence-corrected chi connectivity index (χ0v) is 17.4. The number of carbonyl (C=O) groups excluding carboxylic acids is 4. The van der Waals surface area contributed by atoms with Gasteiger partial charge >= 0.3 is 18.2 Å². The number of nitrogens with zero attached hydrogens (tertiary/aromatic N) is 2. The van der Waals surface area contributed by atoms with Crippen LogP contribution in [0, 0.1) is 5.92 Å². The minimum atomic E-state index is -0.489.